The van der Waals surface area contributed by atoms with Crippen LogP contribution in [0.4, 0.5) is 0 Å². The number of rotatable bonds is 7. The Balaban J connectivity index is 1.36. The first kappa shape index (κ1) is 24.9. The van der Waals surface area contributed by atoms with Crippen molar-refractivity contribution in [2.24, 2.45) is 7.05 Å². The van der Waals surface area contributed by atoms with Gasteiger partial charge < -0.3 is 15.6 Å². The highest BCUT2D eigenvalue weighted by Crippen LogP contribution is 2.29. The van der Waals surface area contributed by atoms with Gasteiger partial charge in [0, 0.05) is 42.2 Å². The number of aryl methyl sites for hydroxylation is 2. The number of benzene rings is 2. The summed E-state index contributed by atoms with van der Waals surface area (Å²) in [5, 5.41) is 11.3. The monoisotopic (exact) mass is 507 g/mol. The Morgan fingerprint density at radius 2 is 1.79 bits per heavy atom. The lowest BCUT2D eigenvalue weighted by molar-refractivity contribution is 0.0924. The van der Waals surface area contributed by atoms with Gasteiger partial charge in [-0.1, -0.05) is 30.3 Å². The minimum Gasteiger partial charge on any atom is -0.345 e. The van der Waals surface area contributed by atoms with Crippen LogP contribution in [0.1, 0.15) is 63.6 Å². The fraction of sp³-hybridized carbons (Fsp3) is 0.207. The van der Waals surface area contributed by atoms with Gasteiger partial charge in [0.25, 0.3) is 11.8 Å². The van der Waals surface area contributed by atoms with E-state index in [-0.39, 0.29) is 29.7 Å². The first-order chi connectivity index (χ1) is 18.3. The molecule has 192 valence electrons. The molecule has 3 N–H and O–H groups in total. The van der Waals surface area contributed by atoms with Crippen molar-refractivity contribution in [3.63, 3.8) is 0 Å². The number of fused-ring (bicyclic) bond motifs is 1. The van der Waals surface area contributed by atoms with E-state index < -0.39 is 0 Å². The molecule has 3 heterocycles. The third-order valence-electron chi connectivity index (χ3n) is 6.62. The van der Waals surface area contributed by atoms with Crippen molar-refractivity contribution < 1.29 is 9.59 Å². The van der Waals surface area contributed by atoms with E-state index in [0.29, 0.717) is 5.56 Å². The van der Waals surface area contributed by atoms with Gasteiger partial charge in [-0.25, -0.2) is 9.97 Å². The Hall–Kier alpha value is -4.79. The van der Waals surface area contributed by atoms with E-state index in [4.69, 9.17) is 4.98 Å². The van der Waals surface area contributed by atoms with Crippen LogP contribution in [0.3, 0.4) is 0 Å². The van der Waals surface area contributed by atoms with Gasteiger partial charge >= 0.3 is 0 Å². The van der Waals surface area contributed by atoms with E-state index in [9.17, 15) is 9.59 Å². The van der Waals surface area contributed by atoms with E-state index in [2.05, 4.69) is 25.7 Å². The first-order valence-electron chi connectivity index (χ1n) is 12.4. The predicted molar refractivity (Wildman–Crippen MR) is 145 cm³/mol. The van der Waals surface area contributed by atoms with Crippen LogP contribution in [-0.2, 0) is 7.05 Å². The van der Waals surface area contributed by atoms with Gasteiger partial charge in [0.05, 0.1) is 29.5 Å². The number of hydrogen-bond donors (Lipinski definition) is 3. The Morgan fingerprint density at radius 1 is 1.00 bits per heavy atom. The zero-order valence-electron chi connectivity index (χ0n) is 21.7. The molecule has 2 amide bonds. The molecule has 0 saturated heterocycles. The van der Waals surface area contributed by atoms with Crippen molar-refractivity contribution in [3.8, 4) is 11.3 Å². The summed E-state index contributed by atoms with van der Waals surface area (Å²) in [6.07, 6.45) is 6.85. The summed E-state index contributed by atoms with van der Waals surface area (Å²) in [6, 6.07) is 15.0. The van der Waals surface area contributed by atoms with Gasteiger partial charge in [-0.2, -0.15) is 5.10 Å². The van der Waals surface area contributed by atoms with Crippen molar-refractivity contribution in [2.45, 2.75) is 32.9 Å². The Kier molecular flexibility index (Phi) is 6.74. The number of amides is 2. The topological polar surface area (TPSA) is 118 Å². The number of aromatic nitrogens is 5. The highest BCUT2D eigenvalue weighted by molar-refractivity contribution is 5.96. The van der Waals surface area contributed by atoms with Crippen LogP contribution in [-0.4, -0.2) is 36.5 Å². The molecule has 0 fully saturated rings. The fourth-order valence-electron chi connectivity index (χ4n) is 4.56. The predicted octanol–water partition coefficient (Wildman–Crippen LogP) is 4.65. The van der Waals surface area contributed by atoms with E-state index in [1.165, 1.54) is 6.20 Å². The molecule has 0 aliphatic carbocycles. The van der Waals surface area contributed by atoms with Crippen LogP contribution >= 0.6 is 0 Å². The molecule has 2 aromatic carbocycles. The number of nitrogens with zero attached hydrogens (tertiary/aromatic N) is 4. The minimum atomic E-state index is -0.286. The number of pyridine rings is 1. The van der Waals surface area contributed by atoms with Crippen LogP contribution in [0.15, 0.2) is 73.3 Å². The van der Waals surface area contributed by atoms with Gasteiger partial charge in [0.2, 0.25) is 0 Å². The Morgan fingerprint density at radius 3 is 2.50 bits per heavy atom. The molecule has 9 nitrogen and oxygen atoms in total. The molecule has 0 bridgehead atoms. The van der Waals surface area contributed by atoms with Crippen LogP contribution in [0, 0.1) is 6.92 Å². The van der Waals surface area contributed by atoms with Gasteiger partial charge in [0.1, 0.15) is 0 Å². The molecule has 0 aliphatic rings. The molecule has 2 atom stereocenters. The van der Waals surface area contributed by atoms with E-state index in [0.717, 1.165) is 38.9 Å². The maximum atomic E-state index is 13.3. The molecule has 0 spiro atoms. The van der Waals surface area contributed by atoms with Gasteiger partial charge in [-0.05, 0) is 55.7 Å². The lowest BCUT2D eigenvalue weighted by Crippen LogP contribution is -2.29. The van der Waals surface area contributed by atoms with Crippen LogP contribution in [0.5, 0.6) is 0 Å². The molecule has 38 heavy (non-hydrogen) atoms. The lowest BCUT2D eigenvalue weighted by Gasteiger charge is -2.19. The molecule has 0 saturated carbocycles. The van der Waals surface area contributed by atoms with Crippen LogP contribution < -0.4 is 10.6 Å². The highest BCUT2D eigenvalue weighted by Gasteiger charge is 2.19. The van der Waals surface area contributed by atoms with E-state index >= 15 is 0 Å². The molecular formula is C29H29N7O2. The largest absolute Gasteiger partial charge is 0.345 e. The number of aromatic amines is 1. The lowest BCUT2D eigenvalue weighted by atomic mass is 9.98. The summed E-state index contributed by atoms with van der Waals surface area (Å²) >= 11 is 0. The average molecular weight is 508 g/mol. The first-order valence-corrected chi connectivity index (χ1v) is 12.4. The molecular weight excluding hydrogens is 478 g/mol. The molecule has 3 aromatic heterocycles. The molecule has 0 radical (unpaired) electrons. The van der Waals surface area contributed by atoms with Crippen molar-refractivity contribution in [1.82, 2.24) is 35.4 Å². The summed E-state index contributed by atoms with van der Waals surface area (Å²) < 4.78 is 1.74. The van der Waals surface area contributed by atoms with E-state index in [1.807, 2.05) is 76.5 Å². The Bertz CT molecular complexity index is 1620. The van der Waals surface area contributed by atoms with Crippen LogP contribution in [0.2, 0.25) is 0 Å². The number of hydrogen-bond acceptors (Lipinski definition) is 5. The molecule has 9 heteroatoms. The highest BCUT2D eigenvalue weighted by atomic mass is 16.2. The minimum absolute atomic E-state index is 0.169. The number of nitrogens with one attached hydrogen (secondary N) is 3. The fourth-order valence-corrected chi connectivity index (χ4v) is 4.56. The normalized spacial score (nSPS) is 12.7. The molecule has 0 aliphatic heterocycles. The van der Waals surface area contributed by atoms with E-state index in [1.54, 1.807) is 23.1 Å². The maximum Gasteiger partial charge on any atom is 0.287 e. The zero-order chi connectivity index (χ0) is 26.8. The van der Waals surface area contributed by atoms with Gasteiger partial charge in [0.15, 0.2) is 5.82 Å². The second kappa shape index (κ2) is 10.3. The summed E-state index contributed by atoms with van der Waals surface area (Å²) in [7, 11) is 1.87. The van der Waals surface area contributed by atoms with Crippen molar-refractivity contribution in [1.29, 1.82) is 0 Å². The second-order valence-electron chi connectivity index (χ2n) is 9.42. The van der Waals surface area contributed by atoms with Crippen LogP contribution in [0.25, 0.3) is 22.2 Å². The van der Waals surface area contributed by atoms with Gasteiger partial charge in [-0.15, -0.1) is 0 Å². The average Bonchev–Trinajstić information content (AvgIpc) is 3.60. The number of carbonyl (C=O) groups excluding carboxylic acids is 2. The second-order valence-corrected chi connectivity index (χ2v) is 9.42. The van der Waals surface area contributed by atoms with Gasteiger partial charge in [-0.3, -0.25) is 14.3 Å². The maximum absolute atomic E-state index is 13.3. The Labute approximate surface area is 220 Å². The number of carbonyl (C=O) groups is 2. The molecule has 5 aromatic rings. The number of H-pyrrole nitrogens is 1. The summed E-state index contributed by atoms with van der Waals surface area (Å²) in [5.74, 6) is -0.197. The SMILES string of the molecule is Cc1cc(C(C)NC(=O)c2ncc[nH]2)ccc1C(=O)N[C@H](C)c1cc(-c2cnn(C)c2)nc2ccccc12. The number of imidazole rings is 1. The zero-order valence-corrected chi connectivity index (χ0v) is 21.7. The molecule has 1 unspecified atom stereocenters. The summed E-state index contributed by atoms with van der Waals surface area (Å²) in [6.45, 7) is 5.76. The van der Waals surface area contributed by atoms with Crippen molar-refractivity contribution in [3.05, 3.63) is 101 Å². The third kappa shape index (κ3) is 5.04. The number of para-hydroxylation sites is 1. The summed E-state index contributed by atoms with van der Waals surface area (Å²) in [5.41, 5.74) is 5.85. The quantitative estimate of drug-likeness (QED) is 0.296. The third-order valence-corrected chi connectivity index (χ3v) is 6.62. The summed E-state index contributed by atoms with van der Waals surface area (Å²) in [4.78, 5) is 37.3. The smallest absolute Gasteiger partial charge is 0.287 e. The standard InChI is InChI=1S/C29H29N7O2/c1-17-13-20(18(2)33-29(38)27-30-11-12-31-27)9-10-22(17)28(37)34-19(3)24-14-26(21-15-32-36(4)16-21)35-25-8-6-5-7-23(24)25/h5-16,18-19H,1-4H3,(H,30,31)(H,33,38)(H,34,37)/t18?,19-/m1/s1. The van der Waals surface area contributed by atoms with Crippen molar-refractivity contribution in [2.75, 3.05) is 0 Å². The van der Waals surface area contributed by atoms with Crippen molar-refractivity contribution >= 4 is 22.7 Å². The molecule has 5 rings (SSSR count).